The molecule has 0 bridgehead atoms. The van der Waals surface area contributed by atoms with Crippen LogP contribution in [0, 0.1) is 9.39 Å². The quantitative estimate of drug-likeness (QED) is 0.334. The maximum atomic E-state index is 14.1. The lowest BCUT2D eigenvalue weighted by atomic mass is 10.2. The third kappa shape index (κ3) is 5.10. The summed E-state index contributed by atoms with van der Waals surface area (Å²) in [7, 11) is 0. The normalized spacial score (nSPS) is 16.5. The summed E-state index contributed by atoms with van der Waals surface area (Å²) in [6.07, 6.45) is 1.21. The second kappa shape index (κ2) is 9.04. The molecular formula is C16H14BrFIN3O4. The van der Waals surface area contributed by atoms with Crippen LogP contribution in [0.15, 0.2) is 35.1 Å². The van der Waals surface area contributed by atoms with E-state index in [4.69, 9.17) is 14.3 Å². The van der Waals surface area contributed by atoms with Gasteiger partial charge in [0.05, 0.1) is 29.7 Å². The Morgan fingerprint density at radius 2 is 2.27 bits per heavy atom. The van der Waals surface area contributed by atoms with Gasteiger partial charge in [-0.05, 0) is 62.8 Å². The molecule has 0 radical (unpaired) electrons. The fourth-order valence-electron chi connectivity index (χ4n) is 2.18. The number of benzene rings is 1. The Labute approximate surface area is 170 Å². The van der Waals surface area contributed by atoms with Crippen molar-refractivity contribution >= 4 is 55.8 Å². The highest BCUT2D eigenvalue weighted by Gasteiger charge is 2.18. The standard InChI is InChI=1S/C16H14BrFIN3O4/c17-15-4-11(16(23)22-26-7-10-6-24-8-25-10)14(5-20-15)21-13-2-1-9(19)3-12(13)18/h1-5,10,21H,6-8H2,(H,22,23). The third-order valence-corrected chi connectivity index (χ3v) is 4.55. The summed E-state index contributed by atoms with van der Waals surface area (Å²) in [6, 6.07) is 6.25. The molecule has 1 aromatic heterocycles. The Morgan fingerprint density at radius 3 is 3.00 bits per heavy atom. The van der Waals surface area contributed by atoms with Gasteiger partial charge in [-0.2, -0.15) is 0 Å². The van der Waals surface area contributed by atoms with Crippen molar-refractivity contribution in [2.45, 2.75) is 6.10 Å². The average Bonchev–Trinajstić information content (AvgIpc) is 3.12. The maximum Gasteiger partial charge on any atom is 0.277 e. The summed E-state index contributed by atoms with van der Waals surface area (Å²) in [5.41, 5.74) is 3.17. The minimum absolute atomic E-state index is 0.159. The first-order chi connectivity index (χ1) is 12.5. The van der Waals surface area contributed by atoms with Gasteiger partial charge in [-0.1, -0.05) is 0 Å². The first-order valence-corrected chi connectivity index (χ1v) is 9.39. The molecule has 1 saturated heterocycles. The zero-order valence-electron chi connectivity index (χ0n) is 13.3. The number of ether oxygens (including phenoxy) is 2. The Kier molecular flexibility index (Phi) is 6.75. The molecule has 1 aromatic carbocycles. The number of halogens is 3. The molecule has 2 N–H and O–H groups in total. The van der Waals surface area contributed by atoms with Crippen molar-refractivity contribution < 1.29 is 23.5 Å². The number of rotatable bonds is 6. The van der Waals surface area contributed by atoms with E-state index < -0.39 is 11.7 Å². The molecule has 2 heterocycles. The van der Waals surface area contributed by atoms with Gasteiger partial charge in [0.15, 0.2) is 0 Å². The maximum absolute atomic E-state index is 14.1. The van der Waals surface area contributed by atoms with Gasteiger partial charge in [0.2, 0.25) is 0 Å². The molecule has 0 aliphatic carbocycles. The number of hydrogen-bond donors (Lipinski definition) is 2. The molecule has 1 amide bonds. The van der Waals surface area contributed by atoms with Gasteiger partial charge in [-0.3, -0.25) is 9.63 Å². The third-order valence-electron chi connectivity index (χ3n) is 3.44. The Bertz CT molecular complexity index is 805. The summed E-state index contributed by atoms with van der Waals surface area (Å²) in [5, 5.41) is 2.88. The number of amides is 1. The summed E-state index contributed by atoms with van der Waals surface area (Å²) in [6.45, 7) is 0.789. The average molecular weight is 538 g/mol. The number of carbonyl (C=O) groups excluding carboxylic acids is 1. The monoisotopic (exact) mass is 537 g/mol. The molecule has 3 rings (SSSR count). The van der Waals surface area contributed by atoms with Crippen molar-refractivity contribution in [2.24, 2.45) is 0 Å². The first kappa shape index (κ1) is 19.4. The Balaban J connectivity index is 1.71. The van der Waals surface area contributed by atoms with Crippen LogP contribution in [-0.2, 0) is 14.3 Å². The van der Waals surface area contributed by atoms with E-state index in [0.717, 1.165) is 3.57 Å². The fraction of sp³-hybridized carbons (Fsp3) is 0.250. The van der Waals surface area contributed by atoms with E-state index in [1.807, 2.05) is 22.6 Å². The van der Waals surface area contributed by atoms with Crippen molar-refractivity contribution in [3.05, 3.63) is 50.0 Å². The molecule has 7 nitrogen and oxygen atoms in total. The molecule has 1 atom stereocenters. The van der Waals surface area contributed by atoms with Crippen molar-refractivity contribution in [3.63, 3.8) is 0 Å². The number of carbonyl (C=O) groups is 1. The van der Waals surface area contributed by atoms with E-state index in [9.17, 15) is 9.18 Å². The van der Waals surface area contributed by atoms with Crippen LogP contribution >= 0.6 is 38.5 Å². The predicted molar refractivity (Wildman–Crippen MR) is 103 cm³/mol. The first-order valence-electron chi connectivity index (χ1n) is 7.52. The summed E-state index contributed by atoms with van der Waals surface area (Å²) in [5.74, 6) is -0.929. The molecule has 138 valence electrons. The molecule has 1 unspecified atom stereocenters. The lowest BCUT2D eigenvalue weighted by molar-refractivity contribution is -0.0246. The van der Waals surface area contributed by atoms with Crippen LogP contribution in [0.25, 0.3) is 0 Å². The van der Waals surface area contributed by atoms with Crippen molar-refractivity contribution in [1.82, 2.24) is 10.5 Å². The number of hydrogen-bond acceptors (Lipinski definition) is 6. The van der Waals surface area contributed by atoms with Gasteiger partial charge < -0.3 is 14.8 Å². The molecule has 2 aromatic rings. The van der Waals surface area contributed by atoms with Crippen molar-refractivity contribution in [1.29, 1.82) is 0 Å². The van der Waals surface area contributed by atoms with Crippen LogP contribution in [0.3, 0.4) is 0 Å². The summed E-state index contributed by atoms with van der Waals surface area (Å²) in [4.78, 5) is 21.7. The van der Waals surface area contributed by atoms with Gasteiger partial charge in [-0.25, -0.2) is 14.9 Å². The van der Waals surface area contributed by atoms with E-state index in [0.29, 0.717) is 16.9 Å². The van der Waals surface area contributed by atoms with Crippen LogP contribution in [0.5, 0.6) is 0 Å². The minimum Gasteiger partial charge on any atom is -0.353 e. The lowest BCUT2D eigenvalue weighted by Gasteiger charge is -2.14. The second-order valence-electron chi connectivity index (χ2n) is 5.32. The highest BCUT2D eigenvalue weighted by Crippen LogP contribution is 2.25. The van der Waals surface area contributed by atoms with Crippen LogP contribution in [-0.4, -0.2) is 37.0 Å². The van der Waals surface area contributed by atoms with E-state index in [1.54, 1.807) is 12.1 Å². The largest absolute Gasteiger partial charge is 0.353 e. The molecule has 26 heavy (non-hydrogen) atoms. The second-order valence-corrected chi connectivity index (χ2v) is 7.38. The van der Waals surface area contributed by atoms with Crippen molar-refractivity contribution in [3.8, 4) is 0 Å². The molecule has 1 aliphatic rings. The van der Waals surface area contributed by atoms with Gasteiger partial charge in [0.1, 0.15) is 29.9 Å². The zero-order valence-corrected chi connectivity index (χ0v) is 17.0. The molecule has 10 heteroatoms. The van der Waals surface area contributed by atoms with Gasteiger partial charge in [-0.15, -0.1) is 0 Å². The smallest absolute Gasteiger partial charge is 0.277 e. The van der Waals surface area contributed by atoms with Gasteiger partial charge in [0, 0.05) is 3.57 Å². The number of anilines is 2. The topological polar surface area (TPSA) is 81.7 Å². The fourth-order valence-corrected chi connectivity index (χ4v) is 2.96. The number of hydroxylamine groups is 1. The van der Waals surface area contributed by atoms with Crippen molar-refractivity contribution in [2.75, 3.05) is 25.3 Å². The number of pyridine rings is 1. The highest BCUT2D eigenvalue weighted by atomic mass is 127. The Hall–Kier alpha value is -1.34. The lowest BCUT2D eigenvalue weighted by Crippen LogP contribution is -2.29. The SMILES string of the molecule is O=C(NOCC1COCO1)c1cc(Br)ncc1Nc1ccc(I)cc1F. The van der Waals surface area contributed by atoms with Crippen LogP contribution in [0.2, 0.25) is 0 Å². The highest BCUT2D eigenvalue weighted by molar-refractivity contribution is 14.1. The van der Waals surface area contributed by atoms with Gasteiger partial charge >= 0.3 is 0 Å². The van der Waals surface area contributed by atoms with Crippen LogP contribution in [0.4, 0.5) is 15.8 Å². The van der Waals surface area contributed by atoms with Crippen LogP contribution < -0.4 is 10.8 Å². The molecule has 1 fully saturated rings. The summed E-state index contributed by atoms with van der Waals surface area (Å²) < 4.78 is 25.6. The van der Waals surface area contributed by atoms with E-state index in [2.05, 4.69) is 31.7 Å². The molecule has 0 spiro atoms. The van der Waals surface area contributed by atoms with E-state index in [1.165, 1.54) is 18.3 Å². The predicted octanol–water partition coefficient (Wildman–Crippen LogP) is 3.37. The van der Waals surface area contributed by atoms with E-state index >= 15 is 0 Å². The van der Waals surface area contributed by atoms with Gasteiger partial charge in [0.25, 0.3) is 5.91 Å². The molecular weight excluding hydrogens is 524 g/mol. The van der Waals surface area contributed by atoms with Crippen LogP contribution in [0.1, 0.15) is 10.4 Å². The Morgan fingerprint density at radius 1 is 1.42 bits per heavy atom. The number of aromatic nitrogens is 1. The molecule has 0 saturated carbocycles. The van der Waals surface area contributed by atoms with E-state index in [-0.39, 0.29) is 30.8 Å². The minimum atomic E-state index is -0.500. The number of nitrogens with one attached hydrogen (secondary N) is 2. The zero-order chi connectivity index (χ0) is 18.5. The molecule has 1 aliphatic heterocycles. The number of nitrogens with zero attached hydrogens (tertiary/aromatic N) is 1. The summed E-state index contributed by atoms with van der Waals surface area (Å²) >= 11 is 5.24.